The zero-order valence-corrected chi connectivity index (χ0v) is 6.16. The molecule has 1 aliphatic heterocycles. The highest BCUT2D eigenvalue weighted by Crippen LogP contribution is 2.26. The Balaban J connectivity index is 2.29. The molecule has 0 amide bonds. The van der Waals surface area contributed by atoms with Crippen molar-refractivity contribution in [1.29, 1.82) is 0 Å². The number of rotatable bonds is 2. The first-order valence-electron chi connectivity index (χ1n) is 3.75. The summed E-state index contributed by atoms with van der Waals surface area (Å²) in [4.78, 5) is 0. The molecular weight excluding hydrogens is 136 g/mol. The van der Waals surface area contributed by atoms with Gasteiger partial charge >= 0.3 is 0 Å². The maximum absolute atomic E-state index is 12.5. The first-order valence-corrected chi connectivity index (χ1v) is 3.75. The second-order valence-electron chi connectivity index (χ2n) is 2.93. The normalized spacial score (nSPS) is 30.9. The molecule has 1 saturated heterocycles. The van der Waals surface area contributed by atoms with E-state index in [1.807, 2.05) is 6.92 Å². The zero-order valence-electron chi connectivity index (χ0n) is 6.16. The van der Waals surface area contributed by atoms with E-state index in [0.29, 0.717) is 0 Å². The summed E-state index contributed by atoms with van der Waals surface area (Å²) in [5.41, 5.74) is 0. The van der Waals surface area contributed by atoms with Crippen molar-refractivity contribution in [2.24, 2.45) is 0 Å². The Morgan fingerprint density at radius 3 is 2.70 bits per heavy atom. The summed E-state index contributed by atoms with van der Waals surface area (Å²) in [5.74, 6) is -2.44. The Kier molecular flexibility index (Phi) is 2.24. The summed E-state index contributed by atoms with van der Waals surface area (Å²) in [6.45, 7) is 1.88. The topological polar surface area (TPSA) is 12.0 Å². The summed E-state index contributed by atoms with van der Waals surface area (Å²) in [5, 5.41) is 2.80. The summed E-state index contributed by atoms with van der Waals surface area (Å²) >= 11 is 0. The number of halogens is 2. The first-order chi connectivity index (χ1) is 4.64. The van der Waals surface area contributed by atoms with Crippen LogP contribution >= 0.6 is 0 Å². The molecule has 1 heterocycles. The third-order valence-corrected chi connectivity index (χ3v) is 1.83. The highest BCUT2D eigenvalue weighted by Gasteiger charge is 2.38. The lowest BCUT2D eigenvalue weighted by Gasteiger charge is -2.07. The van der Waals surface area contributed by atoms with Gasteiger partial charge in [-0.2, -0.15) is 0 Å². The van der Waals surface area contributed by atoms with Gasteiger partial charge in [-0.25, -0.2) is 8.78 Å². The van der Waals surface area contributed by atoms with Crippen molar-refractivity contribution >= 4 is 0 Å². The molecule has 1 nitrogen and oxygen atoms in total. The molecule has 0 bridgehead atoms. The van der Waals surface area contributed by atoms with Crippen molar-refractivity contribution in [2.75, 3.05) is 6.54 Å². The molecular formula is C7H13F2N. The Morgan fingerprint density at radius 2 is 2.30 bits per heavy atom. The van der Waals surface area contributed by atoms with Crippen LogP contribution in [-0.2, 0) is 0 Å². The van der Waals surface area contributed by atoms with E-state index >= 15 is 0 Å². The number of nitrogens with one attached hydrogen (secondary N) is 1. The minimum absolute atomic E-state index is 0.0286. The third-order valence-electron chi connectivity index (χ3n) is 1.83. The Morgan fingerprint density at radius 1 is 1.60 bits per heavy atom. The van der Waals surface area contributed by atoms with Gasteiger partial charge in [-0.1, -0.05) is 13.3 Å². The largest absolute Gasteiger partial charge is 0.308 e. The predicted molar refractivity (Wildman–Crippen MR) is 36.3 cm³/mol. The summed E-state index contributed by atoms with van der Waals surface area (Å²) in [6, 6.07) is 0.0556. The van der Waals surface area contributed by atoms with Gasteiger partial charge in [0.15, 0.2) is 0 Å². The standard InChI is InChI=1S/C7H13F2N/c1-2-3-6-4-7(8,9)5-10-6/h6,10H,2-5H2,1H3. The van der Waals surface area contributed by atoms with Crippen LogP contribution in [0.5, 0.6) is 0 Å². The first kappa shape index (κ1) is 7.92. The number of hydrogen-bond acceptors (Lipinski definition) is 1. The minimum atomic E-state index is -2.44. The van der Waals surface area contributed by atoms with Gasteiger partial charge in [0.25, 0.3) is 5.92 Å². The lowest BCUT2D eigenvalue weighted by atomic mass is 10.1. The van der Waals surface area contributed by atoms with Crippen LogP contribution in [0.1, 0.15) is 26.2 Å². The van der Waals surface area contributed by atoms with Crippen LogP contribution in [0, 0.1) is 0 Å². The molecule has 0 radical (unpaired) electrons. The van der Waals surface area contributed by atoms with Crippen LogP contribution in [0.2, 0.25) is 0 Å². The van der Waals surface area contributed by atoms with Gasteiger partial charge < -0.3 is 5.32 Å². The molecule has 10 heavy (non-hydrogen) atoms. The SMILES string of the molecule is CCCC1CC(F)(F)CN1. The van der Waals surface area contributed by atoms with Gasteiger partial charge in [0.1, 0.15) is 0 Å². The number of alkyl halides is 2. The van der Waals surface area contributed by atoms with Crippen molar-refractivity contribution in [1.82, 2.24) is 5.32 Å². The van der Waals surface area contributed by atoms with Gasteiger partial charge in [0.05, 0.1) is 6.54 Å². The van der Waals surface area contributed by atoms with E-state index in [4.69, 9.17) is 0 Å². The van der Waals surface area contributed by atoms with Crippen LogP contribution in [-0.4, -0.2) is 18.5 Å². The maximum Gasteiger partial charge on any atom is 0.261 e. The fourth-order valence-corrected chi connectivity index (χ4v) is 1.35. The van der Waals surface area contributed by atoms with E-state index in [9.17, 15) is 8.78 Å². The van der Waals surface area contributed by atoms with Gasteiger partial charge in [-0.05, 0) is 6.42 Å². The summed E-state index contributed by atoms with van der Waals surface area (Å²) in [6.07, 6.45) is 1.88. The smallest absolute Gasteiger partial charge is 0.261 e. The molecule has 0 spiro atoms. The van der Waals surface area contributed by atoms with Gasteiger partial charge in [0.2, 0.25) is 0 Å². The van der Waals surface area contributed by atoms with Gasteiger partial charge in [0, 0.05) is 12.5 Å². The Hall–Kier alpha value is -0.180. The molecule has 0 aromatic rings. The van der Waals surface area contributed by atoms with Crippen molar-refractivity contribution in [3.63, 3.8) is 0 Å². The average molecular weight is 149 g/mol. The van der Waals surface area contributed by atoms with E-state index in [1.165, 1.54) is 0 Å². The Labute approximate surface area is 59.8 Å². The zero-order chi connectivity index (χ0) is 7.61. The highest BCUT2D eigenvalue weighted by molar-refractivity contribution is 4.86. The van der Waals surface area contributed by atoms with Crippen molar-refractivity contribution in [3.05, 3.63) is 0 Å². The lowest BCUT2D eigenvalue weighted by Crippen LogP contribution is -2.22. The molecule has 1 fully saturated rings. The van der Waals surface area contributed by atoms with E-state index < -0.39 is 5.92 Å². The van der Waals surface area contributed by atoms with Crippen molar-refractivity contribution < 1.29 is 8.78 Å². The van der Waals surface area contributed by atoms with Gasteiger partial charge in [-0.15, -0.1) is 0 Å². The molecule has 0 aromatic carbocycles. The molecule has 1 atom stereocenters. The second-order valence-corrected chi connectivity index (χ2v) is 2.93. The predicted octanol–water partition coefficient (Wildman–Crippen LogP) is 1.78. The fourth-order valence-electron chi connectivity index (χ4n) is 1.35. The molecule has 3 heteroatoms. The highest BCUT2D eigenvalue weighted by atomic mass is 19.3. The van der Waals surface area contributed by atoms with Crippen LogP contribution in [0.15, 0.2) is 0 Å². The monoisotopic (exact) mass is 149 g/mol. The van der Waals surface area contributed by atoms with Crippen LogP contribution in [0.4, 0.5) is 8.78 Å². The van der Waals surface area contributed by atoms with Crippen molar-refractivity contribution in [3.8, 4) is 0 Å². The Bertz CT molecular complexity index is 114. The van der Waals surface area contributed by atoms with Crippen LogP contribution < -0.4 is 5.32 Å². The minimum Gasteiger partial charge on any atom is -0.308 e. The quantitative estimate of drug-likeness (QED) is 0.631. The molecule has 1 unspecified atom stereocenters. The molecule has 0 aliphatic carbocycles. The van der Waals surface area contributed by atoms with Gasteiger partial charge in [-0.3, -0.25) is 0 Å². The van der Waals surface area contributed by atoms with E-state index in [2.05, 4.69) is 5.32 Å². The third kappa shape index (κ3) is 1.90. The molecule has 1 aliphatic rings. The van der Waals surface area contributed by atoms with Crippen LogP contribution in [0.3, 0.4) is 0 Å². The maximum atomic E-state index is 12.5. The van der Waals surface area contributed by atoms with Crippen LogP contribution in [0.25, 0.3) is 0 Å². The fraction of sp³-hybridized carbons (Fsp3) is 1.00. The second kappa shape index (κ2) is 2.82. The van der Waals surface area contributed by atoms with E-state index in [-0.39, 0.29) is 19.0 Å². The average Bonchev–Trinajstić information content (AvgIpc) is 2.12. The lowest BCUT2D eigenvalue weighted by molar-refractivity contribution is 0.0208. The molecule has 60 valence electrons. The number of hydrogen-bond donors (Lipinski definition) is 1. The molecule has 1 rings (SSSR count). The van der Waals surface area contributed by atoms with E-state index in [0.717, 1.165) is 12.8 Å². The van der Waals surface area contributed by atoms with Crippen molar-refractivity contribution in [2.45, 2.75) is 38.2 Å². The summed E-state index contributed by atoms with van der Waals surface area (Å²) in [7, 11) is 0. The molecule has 1 N–H and O–H groups in total. The summed E-state index contributed by atoms with van der Waals surface area (Å²) < 4.78 is 24.9. The molecule has 0 aromatic heterocycles. The van der Waals surface area contributed by atoms with E-state index in [1.54, 1.807) is 0 Å². The molecule has 0 saturated carbocycles.